The zero-order valence-electron chi connectivity index (χ0n) is 11.9. The van der Waals surface area contributed by atoms with Gasteiger partial charge in [-0.15, -0.1) is 0 Å². The molecule has 118 valence electrons. The van der Waals surface area contributed by atoms with Crippen LogP contribution in [0.2, 0.25) is 5.02 Å². The van der Waals surface area contributed by atoms with Crippen LogP contribution in [0.25, 0.3) is 0 Å². The summed E-state index contributed by atoms with van der Waals surface area (Å²) in [6.45, 7) is -0.179. The van der Waals surface area contributed by atoms with E-state index in [1.54, 1.807) is 0 Å². The molecule has 6 nitrogen and oxygen atoms in total. The molecule has 0 fully saturated rings. The van der Waals surface area contributed by atoms with Crippen molar-refractivity contribution < 1.29 is 28.2 Å². The largest absolute Gasteiger partial charge is 0.466 e. The quantitative estimate of drug-likeness (QED) is 0.789. The van der Waals surface area contributed by atoms with E-state index in [0.29, 0.717) is 0 Å². The first-order valence-electron chi connectivity index (χ1n) is 6.19. The summed E-state index contributed by atoms with van der Waals surface area (Å²) < 4.78 is 28.1. The molecule has 1 aromatic carbocycles. The third-order valence-electron chi connectivity index (χ3n) is 2.99. The van der Waals surface area contributed by atoms with Gasteiger partial charge in [-0.1, -0.05) is 11.6 Å². The number of anilines is 1. The third kappa shape index (κ3) is 3.20. The van der Waals surface area contributed by atoms with Gasteiger partial charge in [0.1, 0.15) is 18.2 Å². The van der Waals surface area contributed by atoms with Gasteiger partial charge >= 0.3 is 11.9 Å². The monoisotopic (exact) mass is 329 g/mol. The van der Waals surface area contributed by atoms with Gasteiger partial charge in [-0.05, 0) is 18.2 Å². The number of ether oxygens (including phenoxy) is 3. The zero-order valence-corrected chi connectivity index (χ0v) is 12.6. The molecule has 22 heavy (non-hydrogen) atoms. The molecule has 0 saturated carbocycles. The lowest BCUT2D eigenvalue weighted by atomic mass is 10.1. The van der Waals surface area contributed by atoms with Crippen LogP contribution in [-0.2, 0) is 23.8 Å². The van der Waals surface area contributed by atoms with Crippen molar-refractivity contribution in [1.29, 1.82) is 0 Å². The molecule has 0 radical (unpaired) electrons. The molecule has 0 aliphatic carbocycles. The minimum Gasteiger partial charge on any atom is -0.466 e. The lowest BCUT2D eigenvalue weighted by Crippen LogP contribution is -2.38. The normalized spacial score (nSPS) is 14.8. The van der Waals surface area contributed by atoms with E-state index in [4.69, 9.17) is 21.1 Å². The van der Waals surface area contributed by atoms with Crippen molar-refractivity contribution in [2.75, 3.05) is 32.5 Å². The average molecular weight is 330 g/mol. The summed E-state index contributed by atoms with van der Waals surface area (Å²) in [6.07, 6.45) is 0. The number of carbonyl (C=O) groups excluding carboxylic acids is 2. The molecule has 0 unspecified atom stereocenters. The second-order valence-electron chi connectivity index (χ2n) is 4.34. The van der Waals surface area contributed by atoms with Gasteiger partial charge in [0, 0.05) is 10.7 Å². The summed E-state index contributed by atoms with van der Waals surface area (Å²) in [6, 6.07) is 3.73. The Kier molecular flexibility index (Phi) is 4.99. The van der Waals surface area contributed by atoms with Crippen LogP contribution < -0.4 is 4.90 Å². The topological polar surface area (TPSA) is 65.1 Å². The highest BCUT2D eigenvalue weighted by molar-refractivity contribution is 6.30. The number of nitrogens with zero attached hydrogens (tertiary/aromatic N) is 1. The van der Waals surface area contributed by atoms with Crippen molar-refractivity contribution in [3.63, 3.8) is 0 Å². The van der Waals surface area contributed by atoms with Crippen molar-refractivity contribution in [3.8, 4) is 0 Å². The number of rotatable bonds is 3. The molecule has 0 amide bonds. The summed E-state index contributed by atoms with van der Waals surface area (Å²) in [5.74, 6) is -2.08. The predicted molar refractivity (Wildman–Crippen MR) is 75.8 cm³/mol. The molecule has 0 bridgehead atoms. The highest BCUT2D eigenvalue weighted by atomic mass is 35.5. The Bertz CT molecular complexity index is 626. The van der Waals surface area contributed by atoms with Gasteiger partial charge in [-0.3, -0.25) is 0 Å². The Morgan fingerprint density at radius 3 is 2.50 bits per heavy atom. The van der Waals surface area contributed by atoms with E-state index in [1.165, 1.54) is 31.3 Å². The lowest BCUT2D eigenvalue weighted by Gasteiger charge is -2.31. The van der Waals surface area contributed by atoms with Gasteiger partial charge in [-0.25, -0.2) is 14.0 Å². The average Bonchev–Trinajstić information content (AvgIpc) is 2.51. The minimum absolute atomic E-state index is 0.0130. The first-order chi connectivity index (χ1) is 10.5. The van der Waals surface area contributed by atoms with E-state index in [9.17, 15) is 14.0 Å². The van der Waals surface area contributed by atoms with E-state index in [-0.39, 0.29) is 35.3 Å². The molecule has 0 N–H and O–H groups in total. The van der Waals surface area contributed by atoms with E-state index < -0.39 is 17.8 Å². The van der Waals surface area contributed by atoms with E-state index in [0.717, 1.165) is 6.07 Å². The van der Waals surface area contributed by atoms with Crippen LogP contribution >= 0.6 is 11.6 Å². The number of halogens is 2. The summed E-state index contributed by atoms with van der Waals surface area (Å²) in [5, 5.41) is 0.143. The van der Waals surface area contributed by atoms with Crippen LogP contribution in [0.3, 0.4) is 0 Å². The van der Waals surface area contributed by atoms with E-state index in [2.05, 4.69) is 4.74 Å². The number of hydrogen-bond donors (Lipinski definition) is 0. The molecule has 0 saturated heterocycles. The Hall–Kier alpha value is -2.12. The maximum Gasteiger partial charge on any atom is 0.355 e. The van der Waals surface area contributed by atoms with E-state index >= 15 is 0 Å². The standard InChI is InChI=1S/C14H13ClFNO5/c1-20-13(18)11-6-22-7-17(12(11)14(19)21-2)10-4-8(15)3-9(16)5-10/h3-5H,6-7H2,1-2H3. The summed E-state index contributed by atoms with van der Waals surface area (Å²) in [4.78, 5) is 25.2. The van der Waals surface area contributed by atoms with Crippen LogP contribution in [0.5, 0.6) is 0 Å². The van der Waals surface area contributed by atoms with Crippen molar-refractivity contribution in [2.24, 2.45) is 0 Å². The second-order valence-corrected chi connectivity index (χ2v) is 4.78. The molecule has 2 rings (SSSR count). The third-order valence-corrected chi connectivity index (χ3v) is 3.21. The molecule has 1 heterocycles. The molecule has 1 aromatic rings. The number of hydrogen-bond acceptors (Lipinski definition) is 6. The second kappa shape index (κ2) is 6.76. The van der Waals surface area contributed by atoms with Crippen LogP contribution in [0.15, 0.2) is 29.5 Å². The van der Waals surface area contributed by atoms with Gasteiger partial charge in [0.2, 0.25) is 0 Å². The van der Waals surface area contributed by atoms with Gasteiger partial charge in [0.05, 0.1) is 26.4 Å². The maximum absolute atomic E-state index is 13.5. The molecule has 1 aliphatic heterocycles. The highest BCUT2D eigenvalue weighted by Gasteiger charge is 2.32. The Labute approximate surface area is 131 Å². The molecule has 0 atom stereocenters. The lowest BCUT2D eigenvalue weighted by molar-refractivity contribution is -0.140. The molecule has 1 aliphatic rings. The van der Waals surface area contributed by atoms with Crippen LogP contribution in [0.1, 0.15) is 0 Å². The van der Waals surface area contributed by atoms with Crippen molar-refractivity contribution >= 4 is 29.2 Å². The fraction of sp³-hybridized carbons (Fsp3) is 0.286. The zero-order chi connectivity index (χ0) is 16.3. The SMILES string of the molecule is COC(=O)C1=C(C(=O)OC)N(c2cc(F)cc(Cl)c2)COC1. The van der Waals surface area contributed by atoms with Crippen LogP contribution in [0.4, 0.5) is 10.1 Å². The first-order valence-corrected chi connectivity index (χ1v) is 6.57. The van der Waals surface area contributed by atoms with Gasteiger partial charge < -0.3 is 19.1 Å². The Balaban J connectivity index is 2.57. The van der Waals surface area contributed by atoms with Crippen molar-refractivity contribution in [1.82, 2.24) is 0 Å². The van der Waals surface area contributed by atoms with Crippen LogP contribution in [0, 0.1) is 5.82 Å². The minimum atomic E-state index is -0.760. The highest BCUT2D eigenvalue weighted by Crippen LogP contribution is 2.29. The first kappa shape index (κ1) is 16.3. The number of methoxy groups -OCH3 is 2. The van der Waals surface area contributed by atoms with Crippen LogP contribution in [-0.4, -0.2) is 39.5 Å². The number of benzene rings is 1. The van der Waals surface area contributed by atoms with Gasteiger partial charge in [0.15, 0.2) is 0 Å². The molecule has 0 spiro atoms. The molecule has 8 heteroatoms. The van der Waals surface area contributed by atoms with E-state index in [1.807, 2.05) is 0 Å². The number of carbonyl (C=O) groups is 2. The van der Waals surface area contributed by atoms with Gasteiger partial charge in [0.25, 0.3) is 0 Å². The number of esters is 2. The fourth-order valence-corrected chi connectivity index (χ4v) is 2.26. The predicted octanol–water partition coefficient (Wildman–Crippen LogP) is 1.87. The summed E-state index contributed by atoms with van der Waals surface area (Å²) >= 11 is 5.83. The van der Waals surface area contributed by atoms with Crippen molar-refractivity contribution in [2.45, 2.75) is 0 Å². The molecular formula is C14H13ClFNO5. The fourth-order valence-electron chi connectivity index (χ4n) is 2.04. The summed E-state index contributed by atoms with van der Waals surface area (Å²) in [5.41, 5.74) is 0.176. The Morgan fingerprint density at radius 1 is 1.23 bits per heavy atom. The summed E-state index contributed by atoms with van der Waals surface area (Å²) in [7, 11) is 2.36. The molecular weight excluding hydrogens is 317 g/mol. The smallest absolute Gasteiger partial charge is 0.355 e. The van der Waals surface area contributed by atoms with Gasteiger partial charge in [-0.2, -0.15) is 0 Å². The maximum atomic E-state index is 13.5. The van der Waals surface area contributed by atoms with Crippen molar-refractivity contribution in [3.05, 3.63) is 40.3 Å². The molecule has 0 aromatic heterocycles. The Morgan fingerprint density at radius 2 is 1.91 bits per heavy atom.